The quantitative estimate of drug-likeness (QED) is 0.731. The zero-order valence-electron chi connectivity index (χ0n) is 12.5. The first-order valence-electron chi connectivity index (χ1n) is 7.70. The second kappa shape index (κ2) is 5.40. The molecule has 1 aromatic heterocycles. The maximum Gasteiger partial charge on any atom is 0.204 e. The van der Waals surface area contributed by atoms with Crippen LogP contribution in [0.5, 0.6) is 0 Å². The highest BCUT2D eigenvalue weighted by molar-refractivity contribution is 6.29. The van der Waals surface area contributed by atoms with E-state index in [0.717, 1.165) is 11.4 Å². The second-order valence-electron chi connectivity index (χ2n) is 6.63. The van der Waals surface area contributed by atoms with Gasteiger partial charge in [-0.05, 0) is 54.3 Å². The van der Waals surface area contributed by atoms with Crippen molar-refractivity contribution in [3.63, 3.8) is 0 Å². The predicted molar refractivity (Wildman–Crippen MR) is 85.1 cm³/mol. The number of fused-ring (bicyclic) bond motifs is 1. The van der Waals surface area contributed by atoms with Crippen LogP contribution in [-0.2, 0) is 0 Å². The SMILES string of the molecule is CC(C)[C@@H]1CC[C@@H](C)C[C@H]1n1c(Cl)nc2ccccc21. The molecule has 0 unspecified atom stereocenters. The lowest BCUT2D eigenvalue weighted by Gasteiger charge is -2.38. The van der Waals surface area contributed by atoms with Gasteiger partial charge in [-0.3, -0.25) is 0 Å². The topological polar surface area (TPSA) is 17.8 Å². The number of benzene rings is 1. The van der Waals surface area contributed by atoms with E-state index in [4.69, 9.17) is 11.6 Å². The van der Waals surface area contributed by atoms with E-state index in [0.29, 0.717) is 23.2 Å². The van der Waals surface area contributed by atoms with Crippen LogP contribution in [0.2, 0.25) is 5.28 Å². The van der Waals surface area contributed by atoms with Gasteiger partial charge in [-0.2, -0.15) is 0 Å². The van der Waals surface area contributed by atoms with Gasteiger partial charge >= 0.3 is 0 Å². The summed E-state index contributed by atoms with van der Waals surface area (Å²) < 4.78 is 2.29. The molecule has 1 aliphatic rings. The maximum atomic E-state index is 6.47. The van der Waals surface area contributed by atoms with Crippen LogP contribution in [0.25, 0.3) is 11.0 Å². The largest absolute Gasteiger partial charge is 0.311 e. The minimum Gasteiger partial charge on any atom is -0.311 e. The molecular weight excluding hydrogens is 268 g/mol. The first-order chi connectivity index (χ1) is 9.58. The van der Waals surface area contributed by atoms with Crippen LogP contribution in [0.4, 0.5) is 0 Å². The molecule has 0 saturated heterocycles. The van der Waals surface area contributed by atoms with Gasteiger partial charge in [-0.25, -0.2) is 4.98 Å². The van der Waals surface area contributed by atoms with Gasteiger partial charge in [0.1, 0.15) is 0 Å². The molecule has 0 amide bonds. The van der Waals surface area contributed by atoms with Crippen molar-refractivity contribution in [3.05, 3.63) is 29.5 Å². The molecule has 0 N–H and O–H groups in total. The lowest BCUT2D eigenvalue weighted by Crippen LogP contribution is -2.30. The fraction of sp³-hybridized carbons (Fsp3) is 0.588. The van der Waals surface area contributed by atoms with Crippen LogP contribution in [-0.4, -0.2) is 9.55 Å². The average molecular weight is 291 g/mol. The first-order valence-corrected chi connectivity index (χ1v) is 8.08. The van der Waals surface area contributed by atoms with E-state index in [2.05, 4.69) is 42.5 Å². The smallest absolute Gasteiger partial charge is 0.204 e. The van der Waals surface area contributed by atoms with Crippen LogP contribution >= 0.6 is 11.6 Å². The van der Waals surface area contributed by atoms with Gasteiger partial charge in [0.25, 0.3) is 0 Å². The molecule has 1 aliphatic carbocycles. The molecule has 0 spiro atoms. The second-order valence-corrected chi connectivity index (χ2v) is 6.97. The van der Waals surface area contributed by atoms with E-state index in [1.807, 2.05) is 12.1 Å². The third-order valence-electron chi connectivity index (χ3n) is 4.87. The van der Waals surface area contributed by atoms with Gasteiger partial charge < -0.3 is 4.57 Å². The summed E-state index contributed by atoms with van der Waals surface area (Å²) in [6, 6.07) is 8.78. The lowest BCUT2D eigenvalue weighted by molar-refractivity contribution is 0.152. The Kier molecular flexibility index (Phi) is 3.76. The summed E-state index contributed by atoms with van der Waals surface area (Å²) in [5.41, 5.74) is 2.19. The molecule has 1 aromatic carbocycles. The van der Waals surface area contributed by atoms with Gasteiger partial charge in [-0.15, -0.1) is 0 Å². The zero-order chi connectivity index (χ0) is 14.3. The molecule has 0 radical (unpaired) electrons. The molecule has 0 bridgehead atoms. The van der Waals surface area contributed by atoms with Crippen molar-refractivity contribution in [1.82, 2.24) is 9.55 Å². The fourth-order valence-electron chi connectivity index (χ4n) is 3.78. The predicted octanol–water partition coefficient (Wildman–Crippen LogP) is 5.32. The minimum absolute atomic E-state index is 0.485. The lowest BCUT2D eigenvalue weighted by atomic mass is 9.74. The molecule has 2 aromatic rings. The summed E-state index contributed by atoms with van der Waals surface area (Å²) in [5.74, 6) is 2.15. The molecule has 3 rings (SSSR count). The number of imidazole rings is 1. The van der Waals surface area contributed by atoms with Crippen molar-refractivity contribution >= 4 is 22.6 Å². The Balaban J connectivity index is 2.09. The molecule has 3 heteroatoms. The van der Waals surface area contributed by atoms with Crippen molar-refractivity contribution in [3.8, 4) is 0 Å². The molecule has 108 valence electrons. The van der Waals surface area contributed by atoms with Crippen molar-refractivity contribution in [2.24, 2.45) is 17.8 Å². The van der Waals surface area contributed by atoms with E-state index < -0.39 is 0 Å². The number of hydrogen-bond donors (Lipinski definition) is 0. The monoisotopic (exact) mass is 290 g/mol. The van der Waals surface area contributed by atoms with E-state index in [1.54, 1.807) is 0 Å². The Morgan fingerprint density at radius 2 is 2.00 bits per heavy atom. The highest BCUT2D eigenvalue weighted by atomic mass is 35.5. The Labute approximate surface area is 126 Å². The molecule has 1 heterocycles. The number of aromatic nitrogens is 2. The van der Waals surface area contributed by atoms with E-state index in [1.165, 1.54) is 24.8 Å². The molecule has 0 aliphatic heterocycles. The highest BCUT2D eigenvalue weighted by Crippen LogP contribution is 2.43. The standard InChI is InChI=1S/C17H23ClN2/c1-11(2)13-9-8-12(3)10-16(13)20-15-7-5-4-6-14(15)19-17(20)18/h4-7,11-13,16H,8-10H2,1-3H3/t12-,13+,16-/m1/s1. The molecule has 2 nitrogen and oxygen atoms in total. The normalized spacial score (nSPS) is 27.4. The van der Waals surface area contributed by atoms with Gasteiger partial charge in [0.15, 0.2) is 0 Å². The van der Waals surface area contributed by atoms with E-state index in [-0.39, 0.29) is 0 Å². The van der Waals surface area contributed by atoms with E-state index >= 15 is 0 Å². The molecule has 3 atom stereocenters. The first kappa shape index (κ1) is 13.9. The van der Waals surface area contributed by atoms with Crippen molar-refractivity contribution in [2.75, 3.05) is 0 Å². The summed E-state index contributed by atoms with van der Waals surface area (Å²) in [5, 5.41) is 0.649. The third kappa shape index (κ3) is 2.35. The van der Waals surface area contributed by atoms with E-state index in [9.17, 15) is 0 Å². The molecule has 20 heavy (non-hydrogen) atoms. The minimum atomic E-state index is 0.485. The van der Waals surface area contributed by atoms with Crippen molar-refractivity contribution < 1.29 is 0 Å². The summed E-state index contributed by atoms with van der Waals surface area (Å²) >= 11 is 6.47. The fourth-order valence-corrected chi connectivity index (χ4v) is 4.09. The summed E-state index contributed by atoms with van der Waals surface area (Å²) in [6.07, 6.45) is 3.85. The number of hydrogen-bond acceptors (Lipinski definition) is 1. The van der Waals surface area contributed by atoms with Crippen LogP contribution in [0.15, 0.2) is 24.3 Å². The average Bonchev–Trinajstić information content (AvgIpc) is 2.73. The highest BCUT2D eigenvalue weighted by Gasteiger charge is 2.33. The summed E-state index contributed by atoms with van der Waals surface area (Å²) in [7, 11) is 0. The van der Waals surface area contributed by atoms with Crippen LogP contribution in [0.1, 0.15) is 46.1 Å². The van der Waals surface area contributed by atoms with Gasteiger partial charge in [0, 0.05) is 6.04 Å². The maximum absolute atomic E-state index is 6.47. The van der Waals surface area contributed by atoms with Gasteiger partial charge in [0.2, 0.25) is 5.28 Å². The molecule has 1 fully saturated rings. The van der Waals surface area contributed by atoms with Crippen LogP contribution in [0.3, 0.4) is 0 Å². The molecular formula is C17H23ClN2. The zero-order valence-corrected chi connectivity index (χ0v) is 13.3. The Hall–Kier alpha value is -1.02. The van der Waals surface area contributed by atoms with Crippen molar-refractivity contribution in [1.29, 1.82) is 0 Å². The summed E-state index contributed by atoms with van der Waals surface area (Å²) in [4.78, 5) is 4.54. The third-order valence-corrected chi connectivity index (χ3v) is 5.14. The number of rotatable bonds is 2. The van der Waals surface area contributed by atoms with Crippen LogP contribution < -0.4 is 0 Å². The van der Waals surface area contributed by atoms with Gasteiger partial charge in [-0.1, -0.05) is 39.3 Å². The van der Waals surface area contributed by atoms with Crippen LogP contribution in [0, 0.1) is 17.8 Å². The Morgan fingerprint density at radius 3 is 2.75 bits per heavy atom. The van der Waals surface area contributed by atoms with Crippen molar-refractivity contribution in [2.45, 2.75) is 46.1 Å². The Morgan fingerprint density at radius 1 is 1.25 bits per heavy atom. The molecule has 1 saturated carbocycles. The number of halogens is 1. The van der Waals surface area contributed by atoms with Gasteiger partial charge in [0.05, 0.1) is 11.0 Å². The summed E-state index contributed by atoms with van der Waals surface area (Å²) in [6.45, 7) is 7.03. The Bertz CT molecular complexity index is 602. The number of nitrogens with zero attached hydrogens (tertiary/aromatic N) is 2. The number of para-hydroxylation sites is 2.